The van der Waals surface area contributed by atoms with Gasteiger partial charge in [0.15, 0.2) is 5.13 Å². The smallest absolute Gasteiger partial charge is 0.337 e. The van der Waals surface area contributed by atoms with Crippen LogP contribution in [0, 0.1) is 5.82 Å². The number of rotatable bonds is 5. The van der Waals surface area contributed by atoms with Crippen molar-refractivity contribution >= 4 is 34.2 Å². The first kappa shape index (κ1) is 19.3. The van der Waals surface area contributed by atoms with Gasteiger partial charge in [-0.3, -0.25) is 10.2 Å². The van der Waals surface area contributed by atoms with Gasteiger partial charge in [0.05, 0.1) is 18.9 Å². The minimum absolute atomic E-state index is 0.312. The van der Waals surface area contributed by atoms with E-state index in [4.69, 9.17) is 4.74 Å². The number of esters is 1. The number of carbonyl (C=O) groups is 2. The SMILES string of the molecule is COC(=O)c1cccc(Oc2cnc(NC(=O)N(C)c3cccc(F)c3)s2)c1. The second-order valence-electron chi connectivity index (χ2n) is 5.57. The van der Waals surface area contributed by atoms with Gasteiger partial charge in [0.25, 0.3) is 0 Å². The third kappa shape index (κ3) is 4.63. The van der Waals surface area contributed by atoms with E-state index in [9.17, 15) is 14.0 Å². The third-order valence-corrected chi connectivity index (χ3v) is 4.46. The number of halogens is 1. The van der Waals surface area contributed by atoms with Gasteiger partial charge in [-0.25, -0.2) is 19.0 Å². The van der Waals surface area contributed by atoms with Gasteiger partial charge in [0.1, 0.15) is 11.6 Å². The van der Waals surface area contributed by atoms with Crippen LogP contribution in [0.25, 0.3) is 0 Å². The fourth-order valence-electron chi connectivity index (χ4n) is 2.26. The van der Waals surface area contributed by atoms with Crippen LogP contribution in [0.3, 0.4) is 0 Å². The monoisotopic (exact) mass is 401 g/mol. The number of nitrogens with zero attached hydrogens (tertiary/aromatic N) is 2. The molecule has 2 amide bonds. The first-order valence-electron chi connectivity index (χ1n) is 8.08. The van der Waals surface area contributed by atoms with Gasteiger partial charge >= 0.3 is 12.0 Å². The van der Waals surface area contributed by atoms with Crippen molar-refractivity contribution in [2.24, 2.45) is 0 Å². The Morgan fingerprint density at radius 2 is 1.96 bits per heavy atom. The van der Waals surface area contributed by atoms with E-state index in [2.05, 4.69) is 15.0 Å². The topological polar surface area (TPSA) is 80.8 Å². The number of anilines is 2. The van der Waals surface area contributed by atoms with Gasteiger partial charge in [0.2, 0.25) is 5.06 Å². The highest BCUT2D eigenvalue weighted by Gasteiger charge is 2.14. The summed E-state index contributed by atoms with van der Waals surface area (Å²) < 4.78 is 23.7. The van der Waals surface area contributed by atoms with Crippen molar-refractivity contribution in [3.8, 4) is 10.8 Å². The number of thiazole rings is 1. The van der Waals surface area contributed by atoms with E-state index in [1.54, 1.807) is 30.3 Å². The molecule has 0 saturated heterocycles. The predicted molar refractivity (Wildman–Crippen MR) is 104 cm³/mol. The highest BCUT2D eigenvalue weighted by molar-refractivity contribution is 7.17. The van der Waals surface area contributed by atoms with Crippen molar-refractivity contribution in [1.82, 2.24) is 4.98 Å². The number of methoxy groups -OCH3 is 1. The van der Waals surface area contributed by atoms with Crippen molar-refractivity contribution in [1.29, 1.82) is 0 Å². The van der Waals surface area contributed by atoms with Crippen LogP contribution in [0.1, 0.15) is 10.4 Å². The number of ether oxygens (including phenoxy) is 2. The van der Waals surface area contributed by atoms with Crippen LogP contribution in [-0.4, -0.2) is 31.1 Å². The summed E-state index contributed by atoms with van der Waals surface area (Å²) in [5.74, 6) is -0.472. The molecular formula is C19H16FN3O4S. The van der Waals surface area contributed by atoms with Crippen molar-refractivity contribution < 1.29 is 23.5 Å². The Hall–Kier alpha value is -3.46. The lowest BCUT2D eigenvalue weighted by molar-refractivity contribution is 0.0600. The largest absolute Gasteiger partial charge is 0.465 e. The average molecular weight is 401 g/mol. The van der Waals surface area contributed by atoms with Crippen LogP contribution >= 0.6 is 11.3 Å². The van der Waals surface area contributed by atoms with Crippen molar-refractivity contribution in [3.05, 3.63) is 66.1 Å². The van der Waals surface area contributed by atoms with Gasteiger partial charge in [-0.15, -0.1) is 0 Å². The summed E-state index contributed by atoms with van der Waals surface area (Å²) in [5.41, 5.74) is 0.764. The molecule has 0 aliphatic rings. The maximum absolute atomic E-state index is 13.3. The summed E-state index contributed by atoms with van der Waals surface area (Å²) in [6, 6.07) is 11.7. The van der Waals surface area contributed by atoms with Crippen molar-refractivity contribution in [2.45, 2.75) is 0 Å². The number of hydrogen-bond acceptors (Lipinski definition) is 6. The lowest BCUT2D eigenvalue weighted by Crippen LogP contribution is -2.31. The summed E-state index contributed by atoms with van der Waals surface area (Å²) in [4.78, 5) is 29.3. The molecular weight excluding hydrogens is 385 g/mol. The van der Waals surface area contributed by atoms with E-state index in [0.29, 0.717) is 27.2 Å². The molecule has 0 spiro atoms. The molecule has 0 fully saturated rings. The summed E-state index contributed by atoms with van der Waals surface area (Å²) in [6.07, 6.45) is 1.45. The zero-order valence-electron chi connectivity index (χ0n) is 15.0. The fraction of sp³-hybridized carbons (Fsp3) is 0.105. The Kier molecular flexibility index (Phi) is 5.85. The van der Waals surface area contributed by atoms with E-state index < -0.39 is 17.8 Å². The quantitative estimate of drug-likeness (QED) is 0.636. The highest BCUT2D eigenvalue weighted by atomic mass is 32.1. The lowest BCUT2D eigenvalue weighted by atomic mass is 10.2. The summed E-state index contributed by atoms with van der Waals surface area (Å²) >= 11 is 1.11. The second-order valence-corrected chi connectivity index (χ2v) is 6.57. The van der Waals surface area contributed by atoms with E-state index in [-0.39, 0.29) is 0 Å². The third-order valence-electron chi connectivity index (χ3n) is 3.67. The van der Waals surface area contributed by atoms with E-state index in [1.807, 2.05) is 0 Å². The molecule has 0 unspecified atom stereocenters. The lowest BCUT2D eigenvalue weighted by Gasteiger charge is -2.16. The minimum Gasteiger partial charge on any atom is -0.465 e. The molecule has 28 heavy (non-hydrogen) atoms. The van der Waals surface area contributed by atoms with E-state index in [0.717, 1.165) is 11.3 Å². The van der Waals surface area contributed by atoms with E-state index in [1.165, 1.54) is 43.5 Å². The fourth-order valence-corrected chi connectivity index (χ4v) is 2.94. The number of hydrogen-bond donors (Lipinski definition) is 1. The van der Waals surface area contributed by atoms with Crippen molar-refractivity contribution in [3.63, 3.8) is 0 Å². The minimum atomic E-state index is -0.473. The molecule has 9 heteroatoms. The Morgan fingerprint density at radius 1 is 1.18 bits per heavy atom. The molecule has 1 heterocycles. The molecule has 144 valence electrons. The molecule has 3 rings (SSSR count). The van der Waals surface area contributed by atoms with E-state index >= 15 is 0 Å². The van der Waals surface area contributed by atoms with Gasteiger partial charge in [-0.05, 0) is 36.4 Å². The maximum Gasteiger partial charge on any atom is 0.337 e. The summed E-state index contributed by atoms with van der Waals surface area (Å²) in [6.45, 7) is 0. The number of aromatic nitrogens is 1. The number of carbonyl (C=O) groups excluding carboxylic acids is 2. The highest BCUT2D eigenvalue weighted by Crippen LogP contribution is 2.31. The van der Waals surface area contributed by atoms with Crippen LogP contribution in [0.2, 0.25) is 0 Å². The van der Waals surface area contributed by atoms with Crippen LogP contribution in [0.5, 0.6) is 10.8 Å². The van der Waals surface area contributed by atoms with Gasteiger partial charge in [0, 0.05) is 12.7 Å². The van der Waals surface area contributed by atoms with Crippen LogP contribution < -0.4 is 15.0 Å². The maximum atomic E-state index is 13.3. The first-order chi connectivity index (χ1) is 13.5. The van der Waals surface area contributed by atoms with Gasteiger partial charge in [-0.2, -0.15) is 0 Å². The Bertz CT molecular complexity index is 1010. The molecule has 1 N–H and O–H groups in total. The van der Waals surface area contributed by atoms with Crippen LogP contribution in [0.4, 0.5) is 20.0 Å². The average Bonchev–Trinajstić information content (AvgIpc) is 3.13. The molecule has 2 aromatic carbocycles. The van der Waals surface area contributed by atoms with Gasteiger partial charge in [-0.1, -0.05) is 23.5 Å². The normalized spacial score (nSPS) is 10.2. The predicted octanol–water partition coefficient (Wildman–Crippen LogP) is 4.53. The van der Waals surface area contributed by atoms with Gasteiger partial charge < -0.3 is 9.47 Å². The molecule has 0 aliphatic heterocycles. The molecule has 0 radical (unpaired) electrons. The number of amides is 2. The summed E-state index contributed by atoms with van der Waals surface area (Å²) in [5, 5.41) is 3.36. The van der Waals surface area contributed by atoms with Crippen LogP contribution in [0.15, 0.2) is 54.7 Å². The zero-order chi connectivity index (χ0) is 20.1. The number of nitrogens with one attached hydrogen (secondary N) is 1. The molecule has 0 aliphatic carbocycles. The second kappa shape index (κ2) is 8.49. The van der Waals surface area contributed by atoms with Crippen LogP contribution in [-0.2, 0) is 4.74 Å². The first-order valence-corrected chi connectivity index (χ1v) is 8.90. The Balaban J connectivity index is 1.66. The molecule has 0 atom stereocenters. The summed E-state index contributed by atoms with van der Waals surface area (Å²) in [7, 11) is 2.82. The van der Waals surface area contributed by atoms with Crippen molar-refractivity contribution in [2.75, 3.05) is 24.4 Å². The zero-order valence-corrected chi connectivity index (χ0v) is 15.8. The number of urea groups is 1. The molecule has 7 nitrogen and oxygen atoms in total. The molecule has 0 saturated carbocycles. The number of benzene rings is 2. The molecule has 0 bridgehead atoms. The Morgan fingerprint density at radius 3 is 2.71 bits per heavy atom. The molecule has 3 aromatic rings. The molecule has 1 aromatic heterocycles. The Labute approximate surface area is 164 Å². The standard InChI is InChI=1S/C19H16FN3O4S/c1-23(14-7-4-6-13(20)10-14)19(25)22-18-21-11-16(28-18)27-15-8-3-5-12(9-15)17(24)26-2/h3-11H,1-2H3,(H,21,22,25).